The number of ether oxygens (including phenoxy) is 1. The summed E-state index contributed by atoms with van der Waals surface area (Å²) < 4.78 is 18.0. The highest BCUT2D eigenvalue weighted by molar-refractivity contribution is 5.78. The van der Waals surface area contributed by atoms with Gasteiger partial charge >= 0.3 is 0 Å². The Bertz CT molecular complexity index is 402. The average Bonchev–Trinajstić information content (AvgIpc) is 2.43. The van der Waals surface area contributed by atoms with Gasteiger partial charge in [-0.05, 0) is 17.7 Å². The van der Waals surface area contributed by atoms with Crippen LogP contribution in [0.3, 0.4) is 0 Å². The Morgan fingerprint density at radius 1 is 1.26 bits per heavy atom. The zero-order valence-corrected chi connectivity index (χ0v) is 10.9. The highest BCUT2D eigenvalue weighted by Gasteiger charge is 2.10. The van der Waals surface area contributed by atoms with E-state index in [4.69, 9.17) is 4.74 Å². The van der Waals surface area contributed by atoms with Gasteiger partial charge in [-0.15, -0.1) is 0 Å². The molecule has 2 rings (SSSR count). The molecular weight excluding hydrogens is 247 g/mol. The summed E-state index contributed by atoms with van der Waals surface area (Å²) in [6, 6.07) is 6.01. The third kappa shape index (κ3) is 4.96. The van der Waals surface area contributed by atoms with E-state index in [0.29, 0.717) is 13.0 Å². The molecular formula is C14H19FN2O2. The van der Waals surface area contributed by atoms with E-state index < -0.39 is 0 Å². The maximum absolute atomic E-state index is 12.7. The van der Waals surface area contributed by atoms with Crippen LogP contribution >= 0.6 is 0 Å². The van der Waals surface area contributed by atoms with E-state index in [1.165, 1.54) is 12.1 Å². The van der Waals surface area contributed by atoms with Crippen molar-refractivity contribution in [2.45, 2.75) is 6.42 Å². The molecule has 0 bridgehead atoms. The monoisotopic (exact) mass is 266 g/mol. The molecule has 0 spiro atoms. The molecule has 5 heteroatoms. The summed E-state index contributed by atoms with van der Waals surface area (Å²) >= 11 is 0. The highest BCUT2D eigenvalue weighted by Crippen LogP contribution is 2.03. The number of rotatable bonds is 5. The topological polar surface area (TPSA) is 41.6 Å². The number of hydrogen-bond acceptors (Lipinski definition) is 3. The lowest BCUT2D eigenvalue weighted by molar-refractivity contribution is -0.120. The van der Waals surface area contributed by atoms with Crippen molar-refractivity contribution in [3.63, 3.8) is 0 Å². The first-order chi connectivity index (χ1) is 9.24. The summed E-state index contributed by atoms with van der Waals surface area (Å²) in [7, 11) is 0. The molecule has 104 valence electrons. The van der Waals surface area contributed by atoms with E-state index >= 15 is 0 Å². The maximum atomic E-state index is 12.7. The van der Waals surface area contributed by atoms with Gasteiger partial charge < -0.3 is 10.1 Å². The van der Waals surface area contributed by atoms with Crippen LogP contribution in [0.1, 0.15) is 5.56 Å². The van der Waals surface area contributed by atoms with Gasteiger partial charge in [-0.2, -0.15) is 0 Å². The minimum atomic E-state index is -0.281. The summed E-state index contributed by atoms with van der Waals surface area (Å²) in [5.74, 6) is -0.309. The van der Waals surface area contributed by atoms with E-state index in [1.807, 2.05) is 0 Å². The summed E-state index contributed by atoms with van der Waals surface area (Å²) in [5, 5.41) is 2.88. The molecule has 1 aromatic carbocycles. The predicted octanol–water partition coefficient (Wildman–Crippen LogP) is 0.817. The Hall–Kier alpha value is -1.46. The number of morpholine rings is 1. The molecule has 0 unspecified atom stereocenters. The van der Waals surface area contributed by atoms with Crippen LogP contribution in [0.2, 0.25) is 0 Å². The number of benzene rings is 1. The van der Waals surface area contributed by atoms with E-state index in [1.54, 1.807) is 12.1 Å². The summed E-state index contributed by atoms with van der Waals surface area (Å²) in [4.78, 5) is 14.0. The number of amides is 1. The standard InChI is InChI=1S/C14H19FN2O2/c15-13-3-1-12(2-4-13)11-14(18)16-5-6-17-7-9-19-10-8-17/h1-4H,5-11H2,(H,16,18). The van der Waals surface area contributed by atoms with Gasteiger partial charge in [0.2, 0.25) is 5.91 Å². The Balaban J connectivity index is 1.65. The highest BCUT2D eigenvalue weighted by atomic mass is 19.1. The third-order valence-corrected chi connectivity index (χ3v) is 3.13. The minimum Gasteiger partial charge on any atom is -0.379 e. The molecule has 1 aliphatic heterocycles. The third-order valence-electron chi connectivity index (χ3n) is 3.13. The number of nitrogens with zero attached hydrogens (tertiary/aromatic N) is 1. The quantitative estimate of drug-likeness (QED) is 0.858. The van der Waals surface area contributed by atoms with E-state index in [9.17, 15) is 9.18 Å². The van der Waals surface area contributed by atoms with Crippen LogP contribution in [0, 0.1) is 5.82 Å². The van der Waals surface area contributed by atoms with Crippen LogP contribution in [-0.2, 0) is 16.0 Å². The molecule has 19 heavy (non-hydrogen) atoms. The molecule has 0 aliphatic carbocycles. The smallest absolute Gasteiger partial charge is 0.224 e. The van der Waals surface area contributed by atoms with Crippen molar-refractivity contribution >= 4 is 5.91 Å². The van der Waals surface area contributed by atoms with Gasteiger partial charge in [-0.25, -0.2) is 4.39 Å². The molecule has 1 aliphatic rings. The number of nitrogens with one attached hydrogen (secondary N) is 1. The second-order valence-corrected chi connectivity index (χ2v) is 4.61. The van der Waals surface area contributed by atoms with Crippen molar-refractivity contribution in [1.82, 2.24) is 10.2 Å². The van der Waals surface area contributed by atoms with Gasteiger partial charge in [0.1, 0.15) is 5.82 Å². The van der Waals surface area contributed by atoms with Gasteiger partial charge in [-0.3, -0.25) is 9.69 Å². The van der Waals surface area contributed by atoms with Crippen LogP contribution < -0.4 is 5.32 Å². The Kier molecular flexibility index (Phi) is 5.30. The fraction of sp³-hybridized carbons (Fsp3) is 0.500. The largest absolute Gasteiger partial charge is 0.379 e. The molecule has 1 saturated heterocycles. The SMILES string of the molecule is O=C(Cc1ccc(F)cc1)NCCN1CCOCC1. The van der Waals surface area contributed by atoms with Crippen LogP contribution in [0.25, 0.3) is 0 Å². The fourth-order valence-corrected chi connectivity index (χ4v) is 2.03. The van der Waals surface area contributed by atoms with E-state index in [2.05, 4.69) is 10.2 Å². The number of hydrogen-bond donors (Lipinski definition) is 1. The van der Waals surface area contributed by atoms with Crippen molar-refractivity contribution in [2.24, 2.45) is 0 Å². The van der Waals surface area contributed by atoms with Gasteiger partial charge in [-0.1, -0.05) is 12.1 Å². The molecule has 0 saturated carbocycles. The zero-order valence-electron chi connectivity index (χ0n) is 10.9. The van der Waals surface area contributed by atoms with Crippen molar-refractivity contribution in [2.75, 3.05) is 39.4 Å². The molecule has 0 atom stereocenters. The molecule has 1 aromatic rings. The van der Waals surface area contributed by atoms with Crippen molar-refractivity contribution in [1.29, 1.82) is 0 Å². The molecule has 1 amide bonds. The predicted molar refractivity (Wildman–Crippen MR) is 70.4 cm³/mol. The number of halogens is 1. The first kappa shape index (κ1) is 14.0. The lowest BCUT2D eigenvalue weighted by Gasteiger charge is -2.26. The Labute approximate surface area is 112 Å². The van der Waals surface area contributed by atoms with Crippen LogP contribution in [0.5, 0.6) is 0 Å². The van der Waals surface area contributed by atoms with Crippen LogP contribution in [-0.4, -0.2) is 50.2 Å². The average molecular weight is 266 g/mol. The lowest BCUT2D eigenvalue weighted by atomic mass is 10.1. The summed E-state index contributed by atoms with van der Waals surface area (Å²) in [6.07, 6.45) is 0.295. The molecule has 0 radical (unpaired) electrons. The molecule has 1 fully saturated rings. The minimum absolute atomic E-state index is 0.0279. The summed E-state index contributed by atoms with van der Waals surface area (Å²) in [6.45, 7) is 4.87. The van der Waals surface area contributed by atoms with E-state index in [-0.39, 0.29) is 11.7 Å². The van der Waals surface area contributed by atoms with Crippen molar-refractivity contribution in [3.8, 4) is 0 Å². The van der Waals surface area contributed by atoms with Gasteiger partial charge in [0.25, 0.3) is 0 Å². The molecule has 4 nitrogen and oxygen atoms in total. The molecule has 1 N–H and O–H groups in total. The number of carbonyl (C=O) groups is 1. The maximum Gasteiger partial charge on any atom is 0.224 e. The van der Waals surface area contributed by atoms with Gasteiger partial charge in [0.15, 0.2) is 0 Å². The Morgan fingerprint density at radius 2 is 1.95 bits per heavy atom. The first-order valence-corrected chi connectivity index (χ1v) is 6.55. The second kappa shape index (κ2) is 7.21. The Morgan fingerprint density at radius 3 is 2.63 bits per heavy atom. The van der Waals surface area contributed by atoms with E-state index in [0.717, 1.165) is 38.4 Å². The zero-order chi connectivity index (χ0) is 13.5. The first-order valence-electron chi connectivity index (χ1n) is 6.55. The normalized spacial score (nSPS) is 16.3. The lowest BCUT2D eigenvalue weighted by Crippen LogP contribution is -2.41. The van der Waals surface area contributed by atoms with Gasteiger partial charge in [0.05, 0.1) is 19.6 Å². The number of carbonyl (C=O) groups excluding carboxylic acids is 1. The second-order valence-electron chi connectivity index (χ2n) is 4.61. The van der Waals surface area contributed by atoms with Crippen LogP contribution in [0.4, 0.5) is 4.39 Å². The molecule has 1 heterocycles. The van der Waals surface area contributed by atoms with Crippen molar-refractivity contribution < 1.29 is 13.9 Å². The summed E-state index contributed by atoms with van der Waals surface area (Å²) in [5.41, 5.74) is 0.824. The fourth-order valence-electron chi connectivity index (χ4n) is 2.03. The molecule has 0 aromatic heterocycles. The van der Waals surface area contributed by atoms with Crippen molar-refractivity contribution in [3.05, 3.63) is 35.6 Å². The van der Waals surface area contributed by atoms with Gasteiger partial charge in [0, 0.05) is 26.2 Å². The van der Waals surface area contributed by atoms with Crippen LogP contribution in [0.15, 0.2) is 24.3 Å².